The molecule has 0 amide bonds. The standard InChI is InChI=1S/C40H36P2/c1-27-35(41-25-39(27,3)33(29-17-9-5-10-18-29)37(41)31-21-13-7-14-22-31)36-28(2)40(4)26-42(36)38(32-23-15-8-16-24-32)34(40)30-19-11-6-12-20-30/h5-24H,25-26H2,1-4H3/t39-,40+,41-,42+. The fourth-order valence-corrected chi connectivity index (χ4v) is 16.4. The highest BCUT2D eigenvalue weighted by molar-refractivity contribution is 7.79. The molecule has 0 fully saturated rings. The van der Waals surface area contributed by atoms with Crippen molar-refractivity contribution in [2.45, 2.75) is 27.7 Å². The lowest BCUT2D eigenvalue weighted by Gasteiger charge is -2.36. The topological polar surface area (TPSA) is 0 Å². The molecule has 4 aliphatic heterocycles. The van der Waals surface area contributed by atoms with E-state index in [1.807, 2.05) is 0 Å². The van der Waals surface area contributed by atoms with E-state index in [0.717, 1.165) is 0 Å². The van der Waals surface area contributed by atoms with Gasteiger partial charge in [0, 0.05) is 10.8 Å². The largest absolute Gasteiger partial charge is 0.0622 e. The number of fused-ring (bicyclic) bond motifs is 4. The lowest BCUT2D eigenvalue weighted by atomic mass is 9.72. The van der Waals surface area contributed by atoms with Gasteiger partial charge in [0.25, 0.3) is 0 Å². The summed E-state index contributed by atoms with van der Waals surface area (Å²) < 4.78 is 0. The van der Waals surface area contributed by atoms with Crippen LogP contribution in [0.1, 0.15) is 49.9 Å². The Bertz CT molecular complexity index is 1710. The van der Waals surface area contributed by atoms with Crippen LogP contribution in [0, 0.1) is 10.8 Å². The summed E-state index contributed by atoms with van der Waals surface area (Å²) in [6, 6.07) is 45.1. The van der Waals surface area contributed by atoms with E-state index in [4.69, 9.17) is 0 Å². The lowest BCUT2D eigenvalue weighted by molar-refractivity contribution is 0.623. The van der Waals surface area contributed by atoms with E-state index in [2.05, 4.69) is 149 Å². The fourth-order valence-electron chi connectivity index (χ4n) is 8.19. The van der Waals surface area contributed by atoms with E-state index in [1.165, 1.54) is 34.6 Å². The molecule has 206 valence electrons. The van der Waals surface area contributed by atoms with Crippen molar-refractivity contribution in [3.8, 4) is 0 Å². The Morgan fingerprint density at radius 3 is 1.00 bits per heavy atom. The first kappa shape index (κ1) is 26.3. The van der Waals surface area contributed by atoms with Gasteiger partial charge in [-0.1, -0.05) is 146 Å². The van der Waals surface area contributed by atoms with E-state index in [0.29, 0.717) is 0 Å². The van der Waals surface area contributed by atoms with Gasteiger partial charge in [-0.25, -0.2) is 0 Å². The Morgan fingerprint density at radius 2 is 0.690 bits per heavy atom. The molecule has 4 aromatic carbocycles. The van der Waals surface area contributed by atoms with Gasteiger partial charge in [0.15, 0.2) is 0 Å². The average molecular weight is 579 g/mol. The fraction of sp³-hybridized carbons (Fsp3) is 0.200. The molecule has 0 aromatic heterocycles. The first-order valence-electron chi connectivity index (χ1n) is 15.1. The molecule has 0 saturated heterocycles. The monoisotopic (exact) mass is 578 g/mol. The molecule has 0 nitrogen and oxygen atoms in total. The van der Waals surface area contributed by atoms with Crippen LogP contribution in [0.15, 0.2) is 143 Å². The normalized spacial score (nSPS) is 28.1. The molecule has 4 bridgehead atoms. The number of benzene rings is 4. The van der Waals surface area contributed by atoms with Gasteiger partial charge in [0.2, 0.25) is 0 Å². The molecule has 0 saturated carbocycles. The molecule has 42 heavy (non-hydrogen) atoms. The summed E-state index contributed by atoms with van der Waals surface area (Å²) in [5, 5.41) is 6.72. The molecular formula is C40H36P2. The molecule has 8 rings (SSSR count). The number of hydrogen-bond donors (Lipinski definition) is 0. The van der Waals surface area contributed by atoms with Gasteiger partial charge in [0.05, 0.1) is 0 Å². The Labute approximate surface area is 253 Å². The third kappa shape index (κ3) is 3.56. The van der Waals surface area contributed by atoms with Crippen molar-refractivity contribution in [2.24, 2.45) is 10.8 Å². The summed E-state index contributed by atoms with van der Waals surface area (Å²) in [6.45, 7) is 10.1. The van der Waals surface area contributed by atoms with Gasteiger partial charge >= 0.3 is 0 Å². The first-order chi connectivity index (χ1) is 20.4. The molecule has 4 heterocycles. The second kappa shape index (κ2) is 9.61. The molecule has 0 radical (unpaired) electrons. The van der Waals surface area contributed by atoms with Crippen LogP contribution in [0.3, 0.4) is 0 Å². The van der Waals surface area contributed by atoms with Gasteiger partial charge in [-0.3, -0.25) is 0 Å². The van der Waals surface area contributed by atoms with E-state index in [-0.39, 0.29) is 10.8 Å². The minimum absolute atomic E-state index is 0.0684. The van der Waals surface area contributed by atoms with E-state index >= 15 is 0 Å². The number of rotatable bonds is 5. The molecule has 0 unspecified atom stereocenters. The molecule has 2 heteroatoms. The van der Waals surface area contributed by atoms with Crippen LogP contribution in [0.2, 0.25) is 0 Å². The molecular weight excluding hydrogens is 542 g/mol. The molecule has 4 aromatic rings. The maximum absolute atomic E-state index is 2.55. The first-order valence-corrected chi connectivity index (χ1v) is 18.2. The zero-order valence-electron chi connectivity index (χ0n) is 24.9. The van der Waals surface area contributed by atoms with Crippen molar-refractivity contribution in [3.05, 3.63) is 165 Å². The summed E-state index contributed by atoms with van der Waals surface area (Å²) in [5.74, 6) is 0. The third-order valence-electron chi connectivity index (χ3n) is 10.4. The number of allylic oxidation sites excluding steroid dienone is 6. The quantitative estimate of drug-likeness (QED) is 0.207. The second-order valence-electron chi connectivity index (χ2n) is 12.7. The molecule has 4 aliphatic rings. The van der Waals surface area contributed by atoms with Crippen molar-refractivity contribution < 1.29 is 0 Å². The van der Waals surface area contributed by atoms with Crippen LogP contribution in [-0.2, 0) is 0 Å². The third-order valence-corrected chi connectivity index (χ3v) is 16.7. The van der Waals surface area contributed by atoms with Crippen LogP contribution < -0.4 is 0 Å². The minimum atomic E-state index is -0.456. The highest BCUT2D eigenvalue weighted by Gasteiger charge is 2.58. The summed E-state index contributed by atoms with van der Waals surface area (Å²) in [6.07, 6.45) is 2.48. The van der Waals surface area contributed by atoms with Gasteiger partial charge in [0.1, 0.15) is 0 Å². The predicted molar refractivity (Wildman–Crippen MR) is 185 cm³/mol. The lowest BCUT2D eigenvalue weighted by Crippen LogP contribution is -2.20. The minimum Gasteiger partial charge on any atom is -0.0622 e. The van der Waals surface area contributed by atoms with Crippen LogP contribution in [-0.4, -0.2) is 12.3 Å². The van der Waals surface area contributed by atoms with Crippen LogP contribution >= 0.6 is 15.8 Å². The second-order valence-corrected chi connectivity index (χ2v) is 16.8. The SMILES string of the molecule is CC1=C(C2=C(C)[C@@]3(C)C[P@@]2C(c2ccccc2)=C3c2ccccc2)[P@]2C[C@]1(C)C(c1ccccc1)=C2c1ccccc1. The van der Waals surface area contributed by atoms with Crippen LogP contribution in [0.4, 0.5) is 0 Å². The number of hydrogen-bond acceptors (Lipinski definition) is 0. The maximum Gasteiger partial charge on any atom is 0.0198 e. The average Bonchev–Trinajstić information content (AvgIpc) is 3.69. The molecule has 0 spiro atoms. The van der Waals surface area contributed by atoms with Crippen molar-refractivity contribution in [1.29, 1.82) is 0 Å². The Balaban J connectivity index is 1.34. The Morgan fingerprint density at radius 1 is 0.405 bits per heavy atom. The molecule has 0 N–H and O–H groups in total. The van der Waals surface area contributed by atoms with Crippen LogP contribution in [0.5, 0.6) is 0 Å². The summed E-state index contributed by atoms with van der Waals surface area (Å²) in [5.41, 5.74) is 12.2. The predicted octanol–water partition coefficient (Wildman–Crippen LogP) is 11.7. The Kier molecular flexibility index (Phi) is 6.02. The van der Waals surface area contributed by atoms with E-state index in [9.17, 15) is 0 Å². The van der Waals surface area contributed by atoms with Crippen LogP contribution in [0.25, 0.3) is 21.8 Å². The highest BCUT2D eigenvalue weighted by Crippen LogP contribution is 2.87. The zero-order chi connectivity index (χ0) is 28.6. The van der Waals surface area contributed by atoms with Gasteiger partial charge in [-0.15, -0.1) is 0 Å². The van der Waals surface area contributed by atoms with E-state index < -0.39 is 15.8 Å². The smallest absolute Gasteiger partial charge is 0.0198 e. The molecule has 4 atom stereocenters. The highest BCUT2D eigenvalue weighted by atomic mass is 31.1. The van der Waals surface area contributed by atoms with Gasteiger partial charge in [-0.2, -0.15) is 0 Å². The van der Waals surface area contributed by atoms with Crippen molar-refractivity contribution in [2.75, 3.05) is 12.3 Å². The Hall–Kier alpha value is -3.30. The maximum atomic E-state index is 2.55. The van der Waals surface area contributed by atoms with Crippen molar-refractivity contribution in [3.63, 3.8) is 0 Å². The summed E-state index contributed by atoms with van der Waals surface area (Å²) in [4.78, 5) is 0. The summed E-state index contributed by atoms with van der Waals surface area (Å²) >= 11 is 0. The van der Waals surface area contributed by atoms with Gasteiger partial charge in [-0.05, 0) is 96.7 Å². The van der Waals surface area contributed by atoms with Crippen molar-refractivity contribution in [1.82, 2.24) is 0 Å². The van der Waals surface area contributed by atoms with E-state index in [1.54, 1.807) is 43.5 Å². The summed E-state index contributed by atoms with van der Waals surface area (Å²) in [7, 11) is -0.912. The molecule has 0 aliphatic carbocycles. The zero-order valence-corrected chi connectivity index (χ0v) is 26.6. The van der Waals surface area contributed by atoms with Crippen molar-refractivity contribution >= 4 is 37.6 Å². The van der Waals surface area contributed by atoms with Gasteiger partial charge < -0.3 is 0 Å².